The monoisotopic (exact) mass is 319 g/mol. The number of furan rings is 1. The van der Waals surface area contributed by atoms with Crippen molar-refractivity contribution in [3.8, 4) is 11.5 Å². The van der Waals surface area contributed by atoms with Gasteiger partial charge in [-0.15, -0.1) is 0 Å². The number of carbonyl (C=O) groups excluding carboxylic acids is 1. The van der Waals surface area contributed by atoms with E-state index in [9.17, 15) is 9.18 Å². The summed E-state index contributed by atoms with van der Waals surface area (Å²) in [7, 11) is 3.15. The SMILES string of the molecule is CN(C)C(=O)c1cc(F)cnc1-c1cc2nccc(Cl)c2o1. The van der Waals surface area contributed by atoms with Gasteiger partial charge in [-0.05, 0) is 12.1 Å². The molecule has 3 rings (SSSR count). The number of fused-ring (bicyclic) bond motifs is 1. The normalized spacial score (nSPS) is 10.9. The zero-order valence-electron chi connectivity index (χ0n) is 11.8. The predicted molar refractivity (Wildman–Crippen MR) is 80.2 cm³/mol. The maximum absolute atomic E-state index is 13.5. The van der Waals surface area contributed by atoms with Gasteiger partial charge in [-0.2, -0.15) is 0 Å². The van der Waals surface area contributed by atoms with E-state index in [0.29, 0.717) is 21.9 Å². The number of hydrogen-bond acceptors (Lipinski definition) is 4. The van der Waals surface area contributed by atoms with Crippen LogP contribution in [0.15, 0.2) is 35.0 Å². The van der Waals surface area contributed by atoms with Crippen molar-refractivity contribution >= 4 is 28.6 Å². The van der Waals surface area contributed by atoms with Crippen LogP contribution in [0.4, 0.5) is 4.39 Å². The molecule has 0 atom stereocenters. The summed E-state index contributed by atoms with van der Waals surface area (Å²) in [6.07, 6.45) is 2.58. The van der Waals surface area contributed by atoms with Crippen molar-refractivity contribution in [1.82, 2.24) is 14.9 Å². The highest BCUT2D eigenvalue weighted by Gasteiger charge is 2.20. The van der Waals surface area contributed by atoms with Crippen molar-refractivity contribution in [3.05, 3.63) is 47.0 Å². The Bertz CT molecular complexity index is 876. The fourth-order valence-corrected chi connectivity index (χ4v) is 2.26. The number of aromatic nitrogens is 2. The second kappa shape index (κ2) is 5.38. The van der Waals surface area contributed by atoms with E-state index in [1.807, 2.05) is 0 Å². The Balaban J connectivity index is 2.22. The van der Waals surface area contributed by atoms with Crippen LogP contribution < -0.4 is 0 Å². The molecule has 0 saturated heterocycles. The highest BCUT2D eigenvalue weighted by Crippen LogP contribution is 2.31. The molecule has 0 unspecified atom stereocenters. The van der Waals surface area contributed by atoms with Crippen LogP contribution in [0.2, 0.25) is 5.02 Å². The van der Waals surface area contributed by atoms with E-state index >= 15 is 0 Å². The molecule has 0 aliphatic carbocycles. The van der Waals surface area contributed by atoms with Crippen LogP contribution in [0, 0.1) is 5.82 Å². The first-order valence-corrected chi connectivity index (χ1v) is 6.77. The molecule has 112 valence electrons. The van der Waals surface area contributed by atoms with Gasteiger partial charge in [0.25, 0.3) is 5.91 Å². The van der Waals surface area contributed by atoms with Crippen LogP contribution >= 0.6 is 11.6 Å². The molecular formula is C15H11ClFN3O2. The molecule has 0 fully saturated rings. The smallest absolute Gasteiger partial charge is 0.255 e. The summed E-state index contributed by atoms with van der Waals surface area (Å²) < 4.78 is 19.1. The predicted octanol–water partition coefficient (Wildman–Crippen LogP) is 3.38. The molecule has 1 amide bonds. The zero-order chi connectivity index (χ0) is 15.9. The molecule has 0 aliphatic rings. The van der Waals surface area contributed by atoms with E-state index in [2.05, 4.69) is 9.97 Å². The van der Waals surface area contributed by atoms with Crippen molar-refractivity contribution in [3.63, 3.8) is 0 Å². The van der Waals surface area contributed by atoms with Crippen molar-refractivity contribution in [2.24, 2.45) is 0 Å². The lowest BCUT2D eigenvalue weighted by Crippen LogP contribution is -2.22. The number of rotatable bonds is 2. The lowest BCUT2D eigenvalue weighted by atomic mass is 10.1. The molecule has 0 aromatic carbocycles. The molecule has 0 spiro atoms. The maximum atomic E-state index is 13.5. The molecular weight excluding hydrogens is 309 g/mol. The molecule has 22 heavy (non-hydrogen) atoms. The highest BCUT2D eigenvalue weighted by molar-refractivity contribution is 6.34. The summed E-state index contributed by atoms with van der Waals surface area (Å²) >= 11 is 6.05. The topological polar surface area (TPSA) is 59.2 Å². The van der Waals surface area contributed by atoms with E-state index < -0.39 is 5.82 Å². The second-order valence-electron chi connectivity index (χ2n) is 4.87. The van der Waals surface area contributed by atoms with Crippen molar-refractivity contribution in [2.75, 3.05) is 14.1 Å². The summed E-state index contributed by atoms with van der Waals surface area (Å²) in [4.78, 5) is 21.7. The van der Waals surface area contributed by atoms with Gasteiger partial charge in [0.1, 0.15) is 17.0 Å². The van der Waals surface area contributed by atoms with E-state index in [4.69, 9.17) is 16.0 Å². The third-order valence-corrected chi connectivity index (χ3v) is 3.39. The molecule has 0 bridgehead atoms. The minimum absolute atomic E-state index is 0.111. The Kier molecular flexibility index (Phi) is 3.54. The zero-order valence-corrected chi connectivity index (χ0v) is 12.6. The van der Waals surface area contributed by atoms with Crippen LogP contribution in [0.1, 0.15) is 10.4 Å². The molecule has 3 heterocycles. The Labute approximate surface area is 130 Å². The van der Waals surface area contributed by atoms with Gasteiger partial charge in [-0.1, -0.05) is 11.6 Å². The Morgan fingerprint density at radius 1 is 1.32 bits per heavy atom. The van der Waals surface area contributed by atoms with Crippen molar-refractivity contribution in [2.45, 2.75) is 0 Å². The molecule has 0 N–H and O–H groups in total. The fourth-order valence-electron chi connectivity index (χ4n) is 2.06. The Hall–Kier alpha value is -2.47. The van der Waals surface area contributed by atoms with E-state index in [0.717, 1.165) is 12.3 Å². The first-order chi connectivity index (χ1) is 10.5. The fraction of sp³-hybridized carbons (Fsp3) is 0.133. The van der Waals surface area contributed by atoms with Gasteiger partial charge in [0.2, 0.25) is 0 Å². The second-order valence-corrected chi connectivity index (χ2v) is 5.27. The first kappa shape index (κ1) is 14.5. The summed E-state index contributed by atoms with van der Waals surface area (Å²) in [6, 6.07) is 4.35. The molecule has 0 aliphatic heterocycles. The number of amides is 1. The summed E-state index contributed by atoms with van der Waals surface area (Å²) in [6.45, 7) is 0. The van der Waals surface area contributed by atoms with Crippen LogP contribution in [-0.2, 0) is 0 Å². The van der Waals surface area contributed by atoms with Crippen LogP contribution in [0.5, 0.6) is 0 Å². The largest absolute Gasteiger partial charge is 0.451 e. The molecule has 3 aromatic heterocycles. The third-order valence-electron chi connectivity index (χ3n) is 3.09. The summed E-state index contributed by atoms with van der Waals surface area (Å²) in [5.74, 6) is -0.663. The molecule has 7 heteroatoms. The molecule has 3 aromatic rings. The van der Waals surface area contributed by atoms with Crippen molar-refractivity contribution < 1.29 is 13.6 Å². The molecule has 5 nitrogen and oxygen atoms in total. The van der Waals surface area contributed by atoms with Crippen LogP contribution in [-0.4, -0.2) is 34.9 Å². The minimum Gasteiger partial charge on any atom is -0.451 e. The minimum atomic E-state index is -0.596. The van der Waals surface area contributed by atoms with Gasteiger partial charge in [0, 0.05) is 26.4 Å². The summed E-state index contributed by atoms with van der Waals surface area (Å²) in [5.41, 5.74) is 1.29. The van der Waals surface area contributed by atoms with Gasteiger partial charge < -0.3 is 9.32 Å². The van der Waals surface area contributed by atoms with Gasteiger partial charge in [0.15, 0.2) is 11.3 Å². The average molecular weight is 320 g/mol. The molecule has 0 saturated carbocycles. The lowest BCUT2D eigenvalue weighted by molar-refractivity contribution is 0.0827. The quantitative estimate of drug-likeness (QED) is 0.726. The van der Waals surface area contributed by atoms with Gasteiger partial charge in [-0.3, -0.25) is 9.78 Å². The lowest BCUT2D eigenvalue weighted by Gasteiger charge is -2.12. The van der Waals surface area contributed by atoms with Gasteiger partial charge >= 0.3 is 0 Å². The summed E-state index contributed by atoms with van der Waals surface area (Å²) in [5, 5.41) is 0.402. The maximum Gasteiger partial charge on any atom is 0.255 e. The van der Waals surface area contributed by atoms with E-state index in [-0.39, 0.29) is 17.2 Å². The standard InChI is InChI=1S/C15H11ClFN3O2/c1-20(2)15(21)9-5-8(17)7-19-13(9)12-6-11-14(22-12)10(16)3-4-18-11/h3-7H,1-2H3. The van der Waals surface area contributed by atoms with Gasteiger partial charge in [0.05, 0.1) is 16.8 Å². The van der Waals surface area contributed by atoms with Crippen LogP contribution in [0.25, 0.3) is 22.6 Å². The number of nitrogens with zero attached hydrogens (tertiary/aromatic N) is 3. The van der Waals surface area contributed by atoms with Gasteiger partial charge in [-0.25, -0.2) is 9.37 Å². The molecule has 0 radical (unpaired) electrons. The van der Waals surface area contributed by atoms with Crippen LogP contribution in [0.3, 0.4) is 0 Å². The number of carbonyl (C=O) groups is 1. The Morgan fingerprint density at radius 2 is 2.09 bits per heavy atom. The van der Waals surface area contributed by atoms with E-state index in [1.165, 1.54) is 4.90 Å². The van der Waals surface area contributed by atoms with E-state index in [1.54, 1.807) is 32.4 Å². The number of pyridine rings is 2. The third kappa shape index (κ3) is 2.42. The highest BCUT2D eigenvalue weighted by atomic mass is 35.5. The number of halogens is 2. The Morgan fingerprint density at radius 3 is 2.77 bits per heavy atom. The number of hydrogen-bond donors (Lipinski definition) is 0. The van der Waals surface area contributed by atoms with Crippen molar-refractivity contribution in [1.29, 1.82) is 0 Å². The first-order valence-electron chi connectivity index (χ1n) is 6.39. The average Bonchev–Trinajstić information content (AvgIpc) is 2.91.